The van der Waals surface area contributed by atoms with Gasteiger partial charge in [0.05, 0.1) is 7.11 Å². The van der Waals surface area contributed by atoms with E-state index in [4.69, 9.17) is 5.11 Å². The van der Waals surface area contributed by atoms with Gasteiger partial charge >= 0.3 is 6.36 Å². The fraction of sp³-hybridized carbons (Fsp3) is 0.250. The molecule has 0 saturated carbocycles. The number of aromatic hydroxyl groups is 1. The lowest BCUT2D eigenvalue weighted by Gasteiger charge is -2.12. The van der Waals surface area contributed by atoms with Crippen LogP contribution >= 0.6 is 0 Å². The third-order valence-electron chi connectivity index (χ3n) is 1.39. The second kappa shape index (κ2) is 3.65. The van der Waals surface area contributed by atoms with E-state index in [2.05, 4.69) is 9.47 Å². The number of hydrogen-bond acceptors (Lipinski definition) is 3. The van der Waals surface area contributed by atoms with E-state index in [1.54, 1.807) is 0 Å². The van der Waals surface area contributed by atoms with Crippen molar-refractivity contribution in [3.63, 3.8) is 0 Å². The zero-order valence-electron chi connectivity index (χ0n) is 7.13. The molecule has 0 saturated heterocycles. The number of benzene rings is 1. The highest BCUT2D eigenvalue weighted by atomic mass is 19.4. The molecule has 1 aromatic carbocycles. The summed E-state index contributed by atoms with van der Waals surface area (Å²) in [6, 6.07) is 3.47. The Morgan fingerprint density at radius 1 is 1.29 bits per heavy atom. The van der Waals surface area contributed by atoms with Crippen LogP contribution in [0, 0.1) is 0 Å². The van der Waals surface area contributed by atoms with Crippen molar-refractivity contribution in [1.82, 2.24) is 0 Å². The highest BCUT2D eigenvalue weighted by Gasteiger charge is 2.32. The summed E-state index contributed by atoms with van der Waals surface area (Å²) >= 11 is 0. The van der Waals surface area contributed by atoms with Crippen LogP contribution in [-0.4, -0.2) is 18.6 Å². The van der Waals surface area contributed by atoms with Gasteiger partial charge in [-0.1, -0.05) is 6.07 Å². The van der Waals surface area contributed by atoms with E-state index in [9.17, 15) is 13.2 Å². The standard InChI is InChI=1S/C8H7F3O3/c1-13-7-5(12)3-2-4-6(7)14-8(9,10)11/h2-4,12H,1H3. The average molecular weight is 208 g/mol. The van der Waals surface area contributed by atoms with E-state index < -0.39 is 17.9 Å². The smallest absolute Gasteiger partial charge is 0.504 e. The molecule has 0 aliphatic carbocycles. The van der Waals surface area contributed by atoms with Gasteiger partial charge in [-0.05, 0) is 12.1 Å². The Hall–Kier alpha value is -1.59. The van der Waals surface area contributed by atoms with Crippen LogP contribution in [0.3, 0.4) is 0 Å². The summed E-state index contributed by atoms with van der Waals surface area (Å²) in [6.45, 7) is 0. The van der Waals surface area contributed by atoms with Crippen LogP contribution in [0.25, 0.3) is 0 Å². The Kier molecular flexibility index (Phi) is 2.73. The number of halogens is 3. The van der Waals surface area contributed by atoms with Crippen molar-refractivity contribution >= 4 is 0 Å². The molecule has 0 fully saturated rings. The summed E-state index contributed by atoms with van der Waals surface area (Å²) < 4.78 is 43.7. The lowest BCUT2D eigenvalue weighted by molar-refractivity contribution is -0.275. The molecule has 78 valence electrons. The van der Waals surface area contributed by atoms with Crippen LogP contribution < -0.4 is 9.47 Å². The molecule has 0 bridgehead atoms. The van der Waals surface area contributed by atoms with E-state index in [1.807, 2.05) is 0 Å². The Morgan fingerprint density at radius 2 is 1.93 bits per heavy atom. The van der Waals surface area contributed by atoms with Gasteiger partial charge < -0.3 is 14.6 Å². The normalized spacial score (nSPS) is 11.1. The maximum absolute atomic E-state index is 11.8. The van der Waals surface area contributed by atoms with Gasteiger partial charge in [-0.2, -0.15) is 0 Å². The van der Waals surface area contributed by atoms with Crippen LogP contribution in [0.5, 0.6) is 17.2 Å². The van der Waals surface area contributed by atoms with E-state index in [-0.39, 0.29) is 5.75 Å². The molecule has 3 nitrogen and oxygen atoms in total. The zero-order valence-corrected chi connectivity index (χ0v) is 7.13. The van der Waals surface area contributed by atoms with Crippen molar-refractivity contribution in [3.8, 4) is 17.2 Å². The molecule has 0 unspecified atom stereocenters. The lowest BCUT2D eigenvalue weighted by atomic mass is 10.3. The first-order valence-corrected chi connectivity index (χ1v) is 3.56. The number of phenols is 1. The quantitative estimate of drug-likeness (QED) is 0.810. The summed E-state index contributed by atoms with van der Waals surface area (Å²) in [7, 11) is 1.14. The number of phenolic OH excluding ortho intramolecular Hbond substituents is 1. The molecule has 0 aromatic heterocycles. The second-order valence-corrected chi connectivity index (χ2v) is 2.36. The second-order valence-electron chi connectivity index (χ2n) is 2.36. The molecule has 1 N–H and O–H groups in total. The summed E-state index contributed by atoms with van der Waals surface area (Å²) in [5.41, 5.74) is 0. The molecular formula is C8H7F3O3. The maximum Gasteiger partial charge on any atom is 0.573 e. The lowest BCUT2D eigenvalue weighted by Crippen LogP contribution is -2.17. The first-order chi connectivity index (χ1) is 6.44. The van der Waals surface area contributed by atoms with Crippen LogP contribution in [0.2, 0.25) is 0 Å². The summed E-state index contributed by atoms with van der Waals surface area (Å²) in [5.74, 6) is -1.32. The maximum atomic E-state index is 11.8. The number of para-hydroxylation sites is 1. The minimum Gasteiger partial charge on any atom is -0.504 e. The van der Waals surface area contributed by atoms with E-state index >= 15 is 0 Å². The first-order valence-electron chi connectivity index (χ1n) is 3.56. The van der Waals surface area contributed by atoms with Crippen molar-refractivity contribution in [2.75, 3.05) is 7.11 Å². The van der Waals surface area contributed by atoms with Crippen molar-refractivity contribution in [2.45, 2.75) is 6.36 Å². The van der Waals surface area contributed by atoms with Crippen LogP contribution in [-0.2, 0) is 0 Å². The number of ether oxygens (including phenoxy) is 2. The number of hydrogen-bond donors (Lipinski definition) is 1. The average Bonchev–Trinajstić information content (AvgIpc) is 2.01. The van der Waals surface area contributed by atoms with Crippen molar-refractivity contribution in [2.24, 2.45) is 0 Å². The number of methoxy groups -OCH3 is 1. The minimum absolute atomic E-state index is 0.343. The molecule has 1 aromatic rings. The topological polar surface area (TPSA) is 38.7 Å². The highest BCUT2D eigenvalue weighted by molar-refractivity contribution is 5.50. The summed E-state index contributed by atoms with van der Waals surface area (Å²) in [6.07, 6.45) is -4.80. The van der Waals surface area contributed by atoms with Crippen molar-refractivity contribution in [1.29, 1.82) is 0 Å². The Labute approximate surface area is 77.7 Å². The molecular weight excluding hydrogens is 201 g/mol. The largest absolute Gasteiger partial charge is 0.573 e. The fourth-order valence-corrected chi connectivity index (χ4v) is 0.914. The predicted octanol–water partition coefficient (Wildman–Crippen LogP) is 2.30. The minimum atomic E-state index is -4.80. The van der Waals surface area contributed by atoms with Gasteiger partial charge in [-0.25, -0.2) is 0 Å². The zero-order chi connectivity index (χ0) is 10.8. The molecule has 0 aliphatic rings. The Balaban J connectivity index is 3.02. The number of rotatable bonds is 2. The van der Waals surface area contributed by atoms with E-state index in [1.165, 1.54) is 12.1 Å². The summed E-state index contributed by atoms with van der Waals surface area (Å²) in [5, 5.41) is 9.12. The third-order valence-corrected chi connectivity index (χ3v) is 1.39. The SMILES string of the molecule is COc1c(O)cccc1OC(F)(F)F. The highest BCUT2D eigenvalue weighted by Crippen LogP contribution is 2.38. The fourth-order valence-electron chi connectivity index (χ4n) is 0.914. The van der Waals surface area contributed by atoms with Crippen molar-refractivity contribution in [3.05, 3.63) is 18.2 Å². The van der Waals surface area contributed by atoms with Crippen molar-refractivity contribution < 1.29 is 27.8 Å². The molecule has 0 atom stereocenters. The van der Waals surface area contributed by atoms with E-state index in [0.29, 0.717) is 0 Å². The molecule has 0 heterocycles. The van der Waals surface area contributed by atoms with Gasteiger partial charge in [0.2, 0.25) is 5.75 Å². The van der Waals surface area contributed by atoms with Gasteiger partial charge in [-0.15, -0.1) is 13.2 Å². The Morgan fingerprint density at radius 3 is 2.43 bits per heavy atom. The Bertz CT molecular complexity index is 322. The van der Waals surface area contributed by atoms with Gasteiger partial charge in [-0.3, -0.25) is 0 Å². The van der Waals surface area contributed by atoms with Crippen LogP contribution in [0.1, 0.15) is 0 Å². The van der Waals surface area contributed by atoms with Gasteiger partial charge in [0.15, 0.2) is 11.5 Å². The molecule has 14 heavy (non-hydrogen) atoms. The van der Waals surface area contributed by atoms with E-state index in [0.717, 1.165) is 13.2 Å². The van der Waals surface area contributed by atoms with Gasteiger partial charge in [0, 0.05) is 0 Å². The molecule has 0 aliphatic heterocycles. The van der Waals surface area contributed by atoms with Crippen LogP contribution in [0.4, 0.5) is 13.2 Å². The molecule has 1 rings (SSSR count). The molecule has 6 heteroatoms. The third kappa shape index (κ3) is 2.45. The molecule has 0 radical (unpaired) electrons. The first kappa shape index (κ1) is 10.5. The van der Waals surface area contributed by atoms with Gasteiger partial charge in [0.25, 0.3) is 0 Å². The molecule has 0 amide bonds. The molecule has 0 spiro atoms. The monoisotopic (exact) mass is 208 g/mol. The predicted molar refractivity (Wildman–Crippen MR) is 41.3 cm³/mol. The number of alkyl halides is 3. The van der Waals surface area contributed by atoms with Gasteiger partial charge in [0.1, 0.15) is 0 Å². The van der Waals surface area contributed by atoms with Crippen LogP contribution in [0.15, 0.2) is 18.2 Å². The summed E-state index contributed by atoms with van der Waals surface area (Å²) in [4.78, 5) is 0.